The Kier molecular flexibility index (Phi) is 3.16. The highest BCUT2D eigenvalue weighted by atomic mass is 32.3. The molecule has 4 heteroatoms. The molecule has 0 spiro atoms. The first kappa shape index (κ1) is 10.8. The zero-order valence-corrected chi connectivity index (χ0v) is 8.80. The fraction of sp³-hybridized carbons (Fsp3) is 0.667. The summed E-state index contributed by atoms with van der Waals surface area (Å²) in [4.78, 5) is 11.6. The fourth-order valence-electron chi connectivity index (χ4n) is 1.27. The lowest BCUT2D eigenvalue weighted by molar-refractivity contribution is -0.118. The van der Waals surface area contributed by atoms with Crippen molar-refractivity contribution in [3.8, 4) is 0 Å². The molecular formula is C9H16O3S. The van der Waals surface area contributed by atoms with Crippen LogP contribution < -0.4 is 0 Å². The average Bonchev–Trinajstić information content (AvgIpc) is 2.04. The van der Waals surface area contributed by atoms with Crippen molar-refractivity contribution in [3.05, 3.63) is 11.0 Å². The van der Waals surface area contributed by atoms with E-state index >= 15 is 0 Å². The quantitative estimate of drug-likeness (QED) is 0.727. The lowest BCUT2D eigenvalue weighted by atomic mass is 10.1. The third-order valence-electron chi connectivity index (χ3n) is 2.25. The van der Waals surface area contributed by atoms with Crippen LogP contribution in [0.2, 0.25) is 0 Å². The highest BCUT2D eigenvalue weighted by molar-refractivity contribution is 8.28. The standard InChI is InChI=1S/C9H16O3S/c1-7(2)13(11,12)9-5-3-8(10)4-6-9/h5,7,11-12H,3-4,6H2,1-2H3. The van der Waals surface area contributed by atoms with E-state index in [1.165, 1.54) is 0 Å². The van der Waals surface area contributed by atoms with Gasteiger partial charge in [0.25, 0.3) is 0 Å². The fourth-order valence-corrected chi connectivity index (χ4v) is 2.61. The molecule has 1 rings (SSSR count). The maximum atomic E-state index is 10.9. The summed E-state index contributed by atoms with van der Waals surface area (Å²) in [5.41, 5.74) is 0. The maximum Gasteiger partial charge on any atom is 0.137 e. The minimum Gasteiger partial charge on any atom is -0.299 e. The van der Waals surface area contributed by atoms with E-state index in [1.54, 1.807) is 19.9 Å². The summed E-state index contributed by atoms with van der Waals surface area (Å²) in [7, 11) is -2.61. The largest absolute Gasteiger partial charge is 0.299 e. The summed E-state index contributed by atoms with van der Waals surface area (Å²) in [6.45, 7) is 3.57. The summed E-state index contributed by atoms with van der Waals surface area (Å²) in [5.74, 6) is 0.183. The first-order valence-electron chi connectivity index (χ1n) is 4.42. The Morgan fingerprint density at radius 2 is 2.00 bits per heavy atom. The zero-order valence-electron chi connectivity index (χ0n) is 7.99. The number of carbonyl (C=O) groups is 1. The van der Waals surface area contributed by atoms with Gasteiger partial charge in [0.15, 0.2) is 0 Å². The molecule has 1 aliphatic rings. The van der Waals surface area contributed by atoms with E-state index < -0.39 is 10.6 Å². The molecule has 13 heavy (non-hydrogen) atoms. The van der Waals surface area contributed by atoms with E-state index in [2.05, 4.69) is 0 Å². The monoisotopic (exact) mass is 204 g/mol. The molecule has 0 aromatic carbocycles. The summed E-state index contributed by atoms with van der Waals surface area (Å²) in [5, 5.41) is -0.160. The van der Waals surface area contributed by atoms with Crippen LogP contribution in [0.4, 0.5) is 0 Å². The molecule has 0 aliphatic heterocycles. The molecule has 0 atom stereocenters. The molecule has 0 saturated heterocycles. The van der Waals surface area contributed by atoms with Gasteiger partial charge in [-0.15, -0.1) is 0 Å². The molecule has 0 aromatic rings. The number of carbonyl (C=O) groups excluding carboxylic acids is 1. The van der Waals surface area contributed by atoms with Gasteiger partial charge in [-0.3, -0.25) is 13.9 Å². The highest BCUT2D eigenvalue weighted by Crippen LogP contribution is 2.54. The summed E-state index contributed by atoms with van der Waals surface area (Å²) < 4.78 is 19.5. The predicted octanol–water partition coefficient (Wildman–Crippen LogP) is 2.78. The number of Topliss-reactive ketones (excluding diaryl/α,β-unsaturated/α-hetero) is 1. The van der Waals surface area contributed by atoms with Gasteiger partial charge in [-0.2, -0.15) is 10.6 Å². The van der Waals surface area contributed by atoms with Gasteiger partial charge < -0.3 is 0 Å². The summed E-state index contributed by atoms with van der Waals surface area (Å²) in [6, 6.07) is 0. The molecule has 2 N–H and O–H groups in total. The first-order valence-corrected chi connectivity index (χ1v) is 6.03. The molecule has 0 heterocycles. The minimum absolute atomic E-state index is 0.160. The van der Waals surface area contributed by atoms with Crippen LogP contribution in [0.3, 0.4) is 0 Å². The molecule has 0 amide bonds. The number of hydrogen-bond donors (Lipinski definition) is 2. The molecule has 0 unspecified atom stereocenters. The minimum atomic E-state index is -2.61. The molecule has 0 bridgehead atoms. The van der Waals surface area contributed by atoms with Gasteiger partial charge in [0.05, 0.1) is 0 Å². The lowest BCUT2D eigenvalue weighted by Gasteiger charge is -2.39. The zero-order chi connectivity index (χ0) is 10.1. The molecule has 0 fully saturated rings. The van der Waals surface area contributed by atoms with Crippen LogP contribution in [0.25, 0.3) is 0 Å². The second kappa shape index (κ2) is 3.82. The lowest BCUT2D eigenvalue weighted by Crippen LogP contribution is -2.16. The molecule has 1 aliphatic carbocycles. The van der Waals surface area contributed by atoms with Gasteiger partial charge in [0, 0.05) is 23.0 Å². The van der Waals surface area contributed by atoms with Crippen LogP contribution in [0.15, 0.2) is 11.0 Å². The van der Waals surface area contributed by atoms with Crippen LogP contribution >= 0.6 is 10.6 Å². The van der Waals surface area contributed by atoms with E-state index in [1.807, 2.05) is 0 Å². The Morgan fingerprint density at radius 3 is 2.38 bits per heavy atom. The average molecular weight is 204 g/mol. The van der Waals surface area contributed by atoms with Crippen molar-refractivity contribution in [2.75, 3.05) is 0 Å². The van der Waals surface area contributed by atoms with Crippen LogP contribution in [0.5, 0.6) is 0 Å². The van der Waals surface area contributed by atoms with E-state index in [0.717, 1.165) is 0 Å². The van der Waals surface area contributed by atoms with E-state index in [0.29, 0.717) is 24.2 Å². The van der Waals surface area contributed by atoms with E-state index in [9.17, 15) is 13.9 Å². The topological polar surface area (TPSA) is 57.5 Å². The van der Waals surface area contributed by atoms with Crippen LogP contribution in [-0.2, 0) is 4.79 Å². The van der Waals surface area contributed by atoms with E-state index in [4.69, 9.17) is 0 Å². The Balaban J connectivity index is 2.78. The van der Waals surface area contributed by atoms with Crippen molar-refractivity contribution < 1.29 is 13.9 Å². The molecule has 3 nitrogen and oxygen atoms in total. The SMILES string of the molecule is CC(C)S(O)(O)C1=CCC(=O)CC1. The van der Waals surface area contributed by atoms with Crippen molar-refractivity contribution in [1.29, 1.82) is 0 Å². The third kappa shape index (κ3) is 2.33. The van der Waals surface area contributed by atoms with Crippen molar-refractivity contribution in [3.63, 3.8) is 0 Å². The van der Waals surface area contributed by atoms with Gasteiger partial charge in [-0.1, -0.05) is 6.08 Å². The summed E-state index contributed by atoms with van der Waals surface area (Å²) >= 11 is 0. The number of hydrogen-bond acceptors (Lipinski definition) is 3. The molecular weight excluding hydrogens is 188 g/mol. The normalized spacial score (nSPS) is 20.4. The Labute approximate surface area is 80.2 Å². The van der Waals surface area contributed by atoms with Gasteiger partial charge in [-0.25, -0.2) is 0 Å². The van der Waals surface area contributed by atoms with E-state index in [-0.39, 0.29) is 11.0 Å². The highest BCUT2D eigenvalue weighted by Gasteiger charge is 2.25. The molecule has 0 aromatic heterocycles. The van der Waals surface area contributed by atoms with Crippen molar-refractivity contribution in [1.82, 2.24) is 0 Å². The number of ketones is 1. The predicted molar refractivity (Wildman–Crippen MR) is 54.9 cm³/mol. The molecule has 76 valence electrons. The van der Waals surface area contributed by atoms with Crippen LogP contribution in [-0.4, -0.2) is 20.1 Å². The van der Waals surface area contributed by atoms with Gasteiger partial charge in [0.1, 0.15) is 5.78 Å². The Hall–Kier alpha value is -0.320. The van der Waals surface area contributed by atoms with Crippen molar-refractivity contribution >= 4 is 16.4 Å². The number of allylic oxidation sites excluding steroid dienone is 2. The Bertz CT molecular complexity index is 243. The van der Waals surface area contributed by atoms with Crippen LogP contribution in [0.1, 0.15) is 33.1 Å². The number of rotatable bonds is 2. The Morgan fingerprint density at radius 1 is 1.38 bits per heavy atom. The van der Waals surface area contributed by atoms with Crippen molar-refractivity contribution in [2.45, 2.75) is 38.4 Å². The third-order valence-corrected chi connectivity index (χ3v) is 4.71. The van der Waals surface area contributed by atoms with Gasteiger partial charge in [0.2, 0.25) is 0 Å². The maximum absolute atomic E-state index is 10.9. The first-order chi connectivity index (χ1) is 5.94. The molecule has 0 radical (unpaired) electrons. The van der Waals surface area contributed by atoms with Gasteiger partial charge in [-0.05, 0) is 20.3 Å². The van der Waals surface area contributed by atoms with Crippen LogP contribution in [0, 0.1) is 0 Å². The molecule has 0 saturated carbocycles. The smallest absolute Gasteiger partial charge is 0.137 e. The van der Waals surface area contributed by atoms with Gasteiger partial charge >= 0.3 is 0 Å². The second-order valence-electron chi connectivity index (χ2n) is 3.55. The summed E-state index contributed by atoms with van der Waals surface area (Å²) in [6.07, 6.45) is 3.01. The van der Waals surface area contributed by atoms with Crippen molar-refractivity contribution in [2.24, 2.45) is 0 Å². The second-order valence-corrected chi connectivity index (χ2v) is 6.21.